The number of nitrogens with two attached hydrogens (primary N) is 1. The van der Waals surface area contributed by atoms with Crippen LogP contribution in [0.1, 0.15) is 25.8 Å². The fourth-order valence-electron chi connectivity index (χ4n) is 2.07. The molecule has 6 heteroatoms. The Hall–Kier alpha value is -1.66. The normalized spacial score (nSPS) is 12.7. The first-order valence-corrected chi connectivity index (χ1v) is 7.10. The van der Waals surface area contributed by atoms with E-state index in [2.05, 4.69) is 18.7 Å². The lowest BCUT2D eigenvalue weighted by Crippen LogP contribution is -2.31. The van der Waals surface area contributed by atoms with Gasteiger partial charge in [0.25, 0.3) is 5.69 Å². The molecule has 0 saturated carbocycles. The van der Waals surface area contributed by atoms with Crippen LogP contribution in [0.5, 0.6) is 5.75 Å². The van der Waals surface area contributed by atoms with E-state index in [0.29, 0.717) is 18.2 Å². The molecule has 0 fully saturated rings. The molecule has 0 heterocycles. The van der Waals surface area contributed by atoms with Crippen molar-refractivity contribution in [3.8, 4) is 5.75 Å². The number of nitro groups is 1. The average Bonchev–Trinajstić information content (AvgIpc) is 2.44. The van der Waals surface area contributed by atoms with Gasteiger partial charge in [-0.1, -0.05) is 13.8 Å². The van der Waals surface area contributed by atoms with Crippen LogP contribution in [0.2, 0.25) is 0 Å². The zero-order valence-corrected chi connectivity index (χ0v) is 13.2. The Labute approximate surface area is 126 Å². The van der Waals surface area contributed by atoms with Crippen molar-refractivity contribution in [1.82, 2.24) is 4.90 Å². The Kier molecular flexibility index (Phi) is 6.58. The third-order valence-electron chi connectivity index (χ3n) is 3.62. The van der Waals surface area contributed by atoms with E-state index in [1.165, 1.54) is 6.07 Å². The molecule has 0 spiro atoms. The summed E-state index contributed by atoms with van der Waals surface area (Å²) in [6, 6.07) is 4.83. The van der Waals surface area contributed by atoms with E-state index >= 15 is 0 Å². The van der Waals surface area contributed by atoms with Crippen LogP contribution in [0.3, 0.4) is 0 Å². The van der Waals surface area contributed by atoms with Crippen LogP contribution in [0.15, 0.2) is 18.2 Å². The largest absolute Gasteiger partial charge is 0.496 e. The molecule has 118 valence electrons. The summed E-state index contributed by atoms with van der Waals surface area (Å²) >= 11 is 0. The standard InChI is InChI=1S/C15H25N3O3/c1-11(2)14(16)7-8-17(3)10-12-9-13(18(19)20)5-6-15(12)21-4/h5-6,9,11,14H,7-8,10,16H2,1-4H3. The Morgan fingerprint density at radius 2 is 2.10 bits per heavy atom. The van der Waals surface area contributed by atoms with Crippen LogP contribution in [-0.4, -0.2) is 36.6 Å². The highest BCUT2D eigenvalue weighted by molar-refractivity contribution is 5.43. The molecule has 1 unspecified atom stereocenters. The molecule has 0 aliphatic rings. The van der Waals surface area contributed by atoms with E-state index in [9.17, 15) is 10.1 Å². The number of methoxy groups -OCH3 is 1. The number of rotatable bonds is 8. The molecule has 0 aliphatic heterocycles. The zero-order chi connectivity index (χ0) is 16.0. The van der Waals surface area contributed by atoms with Crippen LogP contribution >= 0.6 is 0 Å². The van der Waals surface area contributed by atoms with Gasteiger partial charge in [-0.3, -0.25) is 10.1 Å². The van der Waals surface area contributed by atoms with Gasteiger partial charge < -0.3 is 15.4 Å². The van der Waals surface area contributed by atoms with Gasteiger partial charge in [0, 0.05) is 30.3 Å². The molecule has 0 aromatic heterocycles. The third kappa shape index (κ3) is 5.32. The van der Waals surface area contributed by atoms with Crippen molar-refractivity contribution >= 4 is 5.69 Å². The van der Waals surface area contributed by atoms with Crippen molar-refractivity contribution < 1.29 is 9.66 Å². The van der Waals surface area contributed by atoms with Gasteiger partial charge in [0.2, 0.25) is 0 Å². The quantitative estimate of drug-likeness (QED) is 0.588. The summed E-state index contributed by atoms with van der Waals surface area (Å²) in [5.41, 5.74) is 6.93. The summed E-state index contributed by atoms with van der Waals surface area (Å²) < 4.78 is 5.27. The SMILES string of the molecule is COc1ccc([N+](=O)[O-])cc1CN(C)CCC(N)C(C)C. The molecule has 0 saturated heterocycles. The molecular weight excluding hydrogens is 270 g/mol. The van der Waals surface area contributed by atoms with Gasteiger partial charge in [-0.15, -0.1) is 0 Å². The average molecular weight is 295 g/mol. The molecule has 0 aliphatic carbocycles. The lowest BCUT2D eigenvalue weighted by atomic mass is 10.0. The van der Waals surface area contributed by atoms with Crippen LogP contribution in [0.25, 0.3) is 0 Å². The molecule has 1 aromatic carbocycles. The minimum Gasteiger partial charge on any atom is -0.496 e. The van der Waals surface area contributed by atoms with E-state index in [1.54, 1.807) is 19.2 Å². The molecule has 2 N–H and O–H groups in total. The fourth-order valence-corrected chi connectivity index (χ4v) is 2.07. The Balaban J connectivity index is 2.72. The van der Waals surface area contributed by atoms with E-state index in [4.69, 9.17) is 10.5 Å². The maximum absolute atomic E-state index is 10.9. The first-order valence-electron chi connectivity index (χ1n) is 7.10. The first-order chi connectivity index (χ1) is 9.85. The van der Waals surface area contributed by atoms with E-state index in [1.807, 2.05) is 7.05 Å². The van der Waals surface area contributed by atoms with E-state index in [-0.39, 0.29) is 11.7 Å². The number of benzene rings is 1. The summed E-state index contributed by atoms with van der Waals surface area (Å²) in [7, 11) is 3.55. The van der Waals surface area contributed by atoms with Crippen LogP contribution in [0.4, 0.5) is 5.69 Å². The highest BCUT2D eigenvalue weighted by atomic mass is 16.6. The predicted octanol–water partition coefficient (Wildman–Crippen LogP) is 2.41. The number of nitrogens with zero attached hydrogens (tertiary/aromatic N) is 2. The van der Waals surface area contributed by atoms with Gasteiger partial charge in [0.15, 0.2) is 0 Å². The van der Waals surface area contributed by atoms with Crippen LogP contribution in [0, 0.1) is 16.0 Å². The summed E-state index contributed by atoms with van der Waals surface area (Å²) in [6.07, 6.45) is 0.894. The smallest absolute Gasteiger partial charge is 0.270 e. The van der Waals surface area contributed by atoms with Crippen molar-refractivity contribution in [3.63, 3.8) is 0 Å². The number of non-ortho nitro benzene ring substituents is 1. The van der Waals surface area contributed by atoms with Gasteiger partial charge in [0.1, 0.15) is 5.75 Å². The highest BCUT2D eigenvalue weighted by Crippen LogP contribution is 2.25. The second-order valence-electron chi connectivity index (χ2n) is 5.69. The van der Waals surface area contributed by atoms with Gasteiger partial charge >= 0.3 is 0 Å². The molecular formula is C15H25N3O3. The Morgan fingerprint density at radius 3 is 2.62 bits per heavy atom. The Morgan fingerprint density at radius 1 is 1.43 bits per heavy atom. The maximum Gasteiger partial charge on any atom is 0.270 e. The maximum atomic E-state index is 10.9. The minimum absolute atomic E-state index is 0.0816. The Bertz CT molecular complexity index is 477. The van der Waals surface area contributed by atoms with Crippen molar-refractivity contribution in [2.45, 2.75) is 32.9 Å². The van der Waals surface area contributed by atoms with Crippen LogP contribution in [-0.2, 0) is 6.54 Å². The third-order valence-corrected chi connectivity index (χ3v) is 3.62. The van der Waals surface area contributed by atoms with Gasteiger partial charge in [-0.25, -0.2) is 0 Å². The lowest BCUT2D eigenvalue weighted by Gasteiger charge is -2.22. The molecule has 0 amide bonds. The second-order valence-corrected chi connectivity index (χ2v) is 5.69. The molecule has 21 heavy (non-hydrogen) atoms. The molecule has 6 nitrogen and oxygen atoms in total. The summed E-state index contributed by atoms with van der Waals surface area (Å²) in [5, 5.41) is 10.9. The topological polar surface area (TPSA) is 81.6 Å². The lowest BCUT2D eigenvalue weighted by molar-refractivity contribution is -0.384. The van der Waals surface area contributed by atoms with Crippen molar-refractivity contribution in [2.75, 3.05) is 20.7 Å². The first kappa shape index (κ1) is 17.4. The van der Waals surface area contributed by atoms with E-state index in [0.717, 1.165) is 18.5 Å². The summed E-state index contributed by atoms with van der Waals surface area (Å²) in [5.74, 6) is 1.12. The van der Waals surface area contributed by atoms with Gasteiger partial charge in [-0.05, 0) is 32.0 Å². The monoisotopic (exact) mass is 295 g/mol. The number of hydrogen-bond donors (Lipinski definition) is 1. The summed E-state index contributed by atoms with van der Waals surface area (Å²) in [4.78, 5) is 12.6. The van der Waals surface area contributed by atoms with Crippen molar-refractivity contribution in [1.29, 1.82) is 0 Å². The molecule has 0 bridgehead atoms. The minimum atomic E-state index is -0.391. The number of nitro benzene ring substituents is 1. The summed E-state index contributed by atoms with van der Waals surface area (Å²) in [6.45, 7) is 5.64. The number of hydrogen-bond acceptors (Lipinski definition) is 5. The van der Waals surface area contributed by atoms with Gasteiger partial charge in [0.05, 0.1) is 12.0 Å². The van der Waals surface area contributed by atoms with Crippen molar-refractivity contribution in [2.24, 2.45) is 11.7 Å². The molecule has 0 radical (unpaired) electrons. The van der Waals surface area contributed by atoms with Crippen LogP contribution < -0.4 is 10.5 Å². The number of ether oxygens (including phenoxy) is 1. The predicted molar refractivity (Wildman–Crippen MR) is 83.4 cm³/mol. The molecule has 1 aromatic rings. The van der Waals surface area contributed by atoms with Crippen molar-refractivity contribution in [3.05, 3.63) is 33.9 Å². The zero-order valence-electron chi connectivity index (χ0n) is 13.2. The van der Waals surface area contributed by atoms with E-state index < -0.39 is 4.92 Å². The molecule has 1 rings (SSSR count). The highest BCUT2D eigenvalue weighted by Gasteiger charge is 2.14. The van der Waals surface area contributed by atoms with Gasteiger partial charge in [-0.2, -0.15) is 0 Å². The molecule has 1 atom stereocenters. The fraction of sp³-hybridized carbons (Fsp3) is 0.600. The second kappa shape index (κ2) is 7.95.